The van der Waals surface area contributed by atoms with Crippen molar-refractivity contribution < 1.29 is 9.21 Å². The normalized spacial score (nSPS) is 11.2. The summed E-state index contributed by atoms with van der Waals surface area (Å²) in [4.78, 5) is 12.3. The summed E-state index contributed by atoms with van der Waals surface area (Å²) in [6, 6.07) is 12.1. The van der Waals surface area contributed by atoms with Crippen molar-refractivity contribution in [2.24, 2.45) is 0 Å². The van der Waals surface area contributed by atoms with Gasteiger partial charge in [0.05, 0.1) is 0 Å². The zero-order valence-corrected chi connectivity index (χ0v) is 12.9. The number of carbonyl (C=O) groups is 1. The highest BCUT2D eigenvalue weighted by Crippen LogP contribution is 2.31. The third kappa shape index (κ3) is 2.57. The topological polar surface area (TPSA) is 54.3 Å². The molecule has 0 bridgehead atoms. The number of rotatable bonds is 5. The standard InChI is InChI=1S/C18H20N2O2/c1-3-19-10-11-20-18(21)16-12(2)14-9-8-13-6-4-5-7-15(13)17(14)22-16/h4-9,19H,3,10-11H2,1-2H3,(H,20,21). The van der Waals surface area contributed by atoms with E-state index in [-0.39, 0.29) is 5.91 Å². The minimum absolute atomic E-state index is 0.157. The molecule has 1 heterocycles. The first-order valence-corrected chi connectivity index (χ1v) is 7.62. The number of fused-ring (bicyclic) bond motifs is 3. The molecule has 0 spiro atoms. The molecule has 0 aliphatic rings. The van der Waals surface area contributed by atoms with Gasteiger partial charge in [-0.15, -0.1) is 0 Å². The smallest absolute Gasteiger partial charge is 0.287 e. The van der Waals surface area contributed by atoms with Crippen LogP contribution in [0.3, 0.4) is 0 Å². The van der Waals surface area contributed by atoms with Gasteiger partial charge in [-0.1, -0.05) is 43.3 Å². The maximum atomic E-state index is 12.3. The van der Waals surface area contributed by atoms with Gasteiger partial charge in [-0.3, -0.25) is 4.79 Å². The van der Waals surface area contributed by atoms with E-state index < -0.39 is 0 Å². The van der Waals surface area contributed by atoms with Crippen molar-refractivity contribution in [3.63, 3.8) is 0 Å². The van der Waals surface area contributed by atoms with E-state index in [1.807, 2.05) is 44.2 Å². The van der Waals surface area contributed by atoms with Crippen LogP contribution in [0.1, 0.15) is 23.0 Å². The molecule has 1 amide bonds. The van der Waals surface area contributed by atoms with Crippen LogP contribution in [-0.2, 0) is 0 Å². The molecule has 0 radical (unpaired) electrons. The van der Waals surface area contributed by atoms with Gasteiger partial charge in [0.2, 0.25) is 0 Å². The van der Waals surface area contributed by atoms with E-state index >= 15 is 0 Å². The minimum atomic E-state index is -0.157. The zero-order chi connectivity index (χ0) is 15.5. The molecule has 0 saturated heterocycles. The SMILES string of the molecule is CCNCCNC(=O)c1oc2c(ccc3ccccc32)c1C. The molecule has 0 unspecified atom stereocenters. The van der Waals surface area contributed by atoms with Crippen LogP contribution in [0.25, 0.3) is 21.7 Å². The van der Waals surface area contributed by atoms with Gasteiger partial charge in [-0.25, -0.2) is 0 Å². The van der Waals surface area contributed by atoms with Crippen molar-refractivity contribution in [1.82, 2.24) is 10.6 Å². The molecule has 22 heavy (non-hydrogen) atoms. The molecule has 4 nitrogen and oxygen atoms in total. The molecular weight excluding hydrogens is 276 g/mol. The fourth-order valence-corrected chi connectivity index (χ4v) is 2.69. The number of furan rings is 1. The molecule has 0 aliphatic heterocycles. The number of benzene rings is 2. The first kappa shape index (κ1) is 14.6. The molecule has 0 saturated carbocycles. The summed E-state index contributed by atoms with van der Waals surface area (Å²) in [7, 11) is 0. The van der Waals surface area contributed by atoms with Gasteiger partial charge >= 0.3 is 0 Å². The monoisotopic (exact) mass is 296 g/mol. The summed E-state index contributed by atoms with van der Waals surface area (Å²) < 4.78 is 5.90. The summed E-state index contributed by atoms with van der Waals surface area (Å²) in [5, 5.41) is 9.21. The van der Waals surface area contributed by atoms with Crippen LogP contribution in [-0.4, -0.2) is 25.5 Å². The Balaban J connectivity index is 1.95. The van der Waals surface area contributed by atoms with Gasteiger partial charge in [-0.05, 0) is 18.9 Å². The average Bonchev–Trinajstić information content (AvgIpc) is 2.89. The third-order valence-electron chi connectivity index (χ3n) is 3.87. The molecule has 3 rings (SSSR count). The van der Waals surface area contributed by atoms with Crippen molar-refractivity contribution in [2.75, 3.05) is 19.6 Å². The first-order valence-electron chi connectivity index (χ1n) is 7.62. The Morgan fingerprint density at radius 1 is 1.09 bits per heavy atom. The molecule has 0 fully saturated rings. The van der Waals surface area contributed by atoms with E-state index in [0.29, 0.717) is 12.3 Å². The van der Waals surface area contributed by atoms with Crippen LogP contribution in [0.2, 0.25) is 0 Å². The van der Waals surface area contributed by atoms with Crippen LogP contribution < -0.4 is 10.6 Å². The van der Waals surface area contributed by atoms with Gasteiger partial charge < -0.3 is 15.1 Å². The zero-order valence-electron chi connectivity index (χ0n) is 12.9. The van der Waals surface area contributed by atoms with Crippen molar-refractivity contribution in [2.45, 2.75) is 13.8 Å². The number of likely N-dealkylation sites (N-methyl/N-ethyl adjacent to an activating group) is 1. The molecule has 114 valence electrons. The fraction of sp³-hybridized carbons (Fsp3) is 0.278. The average molecular weight is 296 g/mol. The second kappa shape index (κ2) is 6.20. The minimum Gasteiger partial charge on any atom is -0.450 e. The summed E-state index contributed by atoms with van der Waals surface area (Å²) >= 11 is 0. The highest BCUT2D eigenvalue weighted by Gasteiger charge is 2.18. The molecule has 1 aromatic heterocycles. The molecule has 4 heteroatoms. The van der Waals surface area contributed by atoms with Crippen LogP contribution in [0.4, 0.5) is 0 Å². The molecule has 2 aromatic carbocycles. The third-order valence-corrected chi connectivity index (χ3v) is 3.87. The van der Waals surface area contributed by atoms with E-state index in [4.69, 9.17) is 4.42 Å². The Kier molecular flexibility index (Phi) is 4.11. The molecule has 0 aliphatic carbocycles. The lowest BCUT2D eigenvalue weighted by molar-refractivity contribution is 0.0927. The van der Waals surface area contributed by atoms with Crippen LogP contribution in [0.15, 0.2) is 40.8 Å². The van der Waals surface area contributed by atoms with E-state index in [1.54, 1.807) is 0 Å². The second-order valence-electron chi connectivity index (χ2n) is 5.33. The highest BCUT2D eigenvalue weighted by atomic mass is 16.3. The molecule has 3 aromatic rings. The summed E-state index contributed by atoms with van der Waals surface area (Å²) in [6.45, 7) is 6.20. The van der Waals surface area contributed by atoms with Crippen molar-refractivity contribution in [3.05, 3.63) is 47.7 Å². The van der Waals surface area contributed by atoms with Crippen LogP contribution >= 0.6 is 0 Å². The van der Waals surface area contributed by atoms with Crippen LogP contribution in [0.5, 0.6) is 0 Å². The van der Waals surface area contributed by atoms with Crippen molar-refractivity contribution in [3.8, 4) is 0 Å². The fourth-order valence-electron chi connectivity index (χ4n) is 2.69. The van der Waals surface area contributed by atoms with E-state index in [2.05, 4.69) is 16.7 Å². The number of nitrogens with one attached hydrogen (secondary N) is 2. The van der Waals surface area contributed by atoms with Crippen LogP contribution in [0, 0.1) is 6.92 Å². The Bertz CT molecular complexity index is 820. The number of hydrogen-bond donors (Lipinski definition) is 2. The van der Waals surface area contributed by atoms with Gasteiger partial charge in [0.1, 0.15) is 5.58 Å². The lowest BCUT2D eigenvalue weighted by atomic mass is 10.1. The Labute approximate surface area is 129 Å². The van der Waals surface area contributed by atoms with Gasteiger partial charge in [0.25, 0.3) is 5.91 Å². The highest BCUT2D eigenvalue weighted by molar-refractivity contribution is 6.08. The summed E-state index contributed by atoms with van der Waals surface area (Å²) in [5.41, 5.74) is 1.68. The Morgan fingerprint density at radius 2 is 1.91 bits per heavy atom. The predicted molar refractivity (Wildman–Crippen MR) is 89.3 cm³/mol. The maximum Gasteiger partial charge on any atom is 0.287 e. The lowest BCUT2D eigenvalue weighted by Crippen LogP contribution is -2.31. The Hall–Kier alpha value is -2.33. The molecule has 0 atom stereocenters. The summed E-state index contributed by atoms with van der Waals surface area (Å²) in [6.07, 6.45) is 0. The first-order chi connectivity index (χ1) is 10.7. The lowest BCUT2D eigenvalue weighted by Gasteiger charge is -2.03. The largest absolute Gasteiger partial charge is 0.450 e. The Morgan fingerprint density at radius 3 is 2.73 bits per heavy atom. The second-order valence-corrected chi connectivity index (χ2v) is 5.33. The van der Waals surface area contributed by atoms with Crippen molar-refractivity contribution in [1.29, 1.82) is 0 Å². The van der Waals surface area contributed by atoms with Gasteiger partial charge in [0.15, 0.2) is 5.76 Å². The summed E-state index contributed by atoms with van der Waals surface area (Å²) in [5.74, 6) is 0.249. The quantitative estimate of drug-likeness (QED) is 0.711. The molecular formula is C18H20N2O2. The van der Waals surface area contributed by atoms with E-state index in [9.17, 15) is 4.79 Å². The van der Waals surface area contributed by atoms with Crippen molar-refractivity contribution >= 4 is 27.6 Å². The van der Waals surface area contributed by atoms with E-state index in [1.165, 1.54) is 0 Å². The number of aryl methyl sites for hydroxylation is 1. The maximum absolute atomic E-state index is 12.3. The van der Waals surface area contributed by atoms with Gasteiger partial charge in [0, 0.05) is 29.4 Å². The number of amides is 1. The van der Waals surface area contributed by atoms with Gasteiger partial charge in [-0.2, -0.15) is 0 Å². The molecule has 2 N–H and O–H groups in total. The number of carbonyl (C=O) groups excluding carboxylic acids is 1. The predicted octanol–water partition coefficient (Wildman–Crippen LogP) is 3.23. The van der Waals surface area contributed by atoms with E-state index in [0.717, 1.165) is 40.4 Å². The number of hydrogen-bond acceptors (Lipinski definition) is 3.